The Kier molecular flexibility index (Phi) is 8.37. The molecule has 1 aromatic heterocycles. The third-order valence-corrected chi connectivity index (χ3v) is 4.28. The number of guanidine groups is 1. The highest BCUT2D eigenvalue weighted by Crippen LogP contribution is 2.10. The zero-order valence-corrected chi connectivity index (χ0v) is 18.2. The molecule has 0 unspecified atom stereocenters. The third-order valence-electron chi connectivity index (χ3n) is 4.28. The van der Waals surface area contributed by atoms with E-state index in [4.69, 9.17) is 0 Å². The van der Waals surface area contributed by atoms with Crippen LogP contribution < -0.4 is 10.6 Å². The van der Waals surface area contributed by atoms with Crippen molar-refractivity contribution in [3.63, 3.8) is 0 Å². The minimum atomic E-state index is -0.204. The number of nitrogens with one attached hydrogen (secondary N) is 2. The summed E-state index contributed by atoms with van der Waals surface area (Å²) in [6.45, 7) is 3.10. The first-order valence-corrected chi connectivity index (χ1v) is 8.81. The first-order chi connectivity index (χ1) is 13.2. The van der Waals surface area contributed by atoms with Gasteiger partial charge < -0.3 is 10.6 Å². The molecule has 6 nitrogen and oxygen atoms in total. The van der Waals surface area contributed by atoms with Crippen LogP contribution in [0.2, 0.25) is 0 Å². The summed E-state index contributed by atoms with van der Waals surface area (Å²) in [5.74, 6) is 1.26. The average molecular weight is 494 g/mol. The number of aliphatic imine (C=N–C) groups is 1. The van der Waals surface area contributed by atoms with Gasteiger partial charge in [-0.2, -0.15) is 0 Å². The van der Waals surface area contributed by atoms with Crippen molar-refractivity contribution in [2.75, 3.05) is 13.6 Å². The van der Waals surface area contributed by atoms with Gasteiger partial charge in [-0.25, -0.2) is 4.39 Å². The van der Waals surface area contributed by atoms with Gasteiger partial charge in [0, 0.05) is 19.3 Å². The van der Waals surface area contributed by atoms with Crippen LogP contribution in [-0.2, 0) is 13.0 Å². The van der Waals surface area contributed by atoms with Gasteiger partial charge in [0.2, 0.25) is 0 Å². The minimum Gasteiger partial charge on any atom is -0.356 e. The highest BCUT2D eigenvalue weighted by molar-refractivity contribution is 14.0. The van der Waals surface area contributed by atoms with Gasteiger partial charge in [0.25, 0.3) is 0 Å². The summed E-state index contributed by atoms with van der Waals surface area (Å²) >= 11 is 0. The molecule has 0 aliphatic heterocycles. The van der Waals surface area contributed by atoms with E-state index in [9.17, 15) is 4.39 Å². The summed E-state index contributed by atoms with van der Waals surface area (Å²) in [7, 11) is 1.72. The predicted octanol–water partition coefficient (Wildman–Crippen LogP) is 3.24. The zero-order chi connectivity index (χ0) is 19.1. The van der Waals surface area contributed by atoms with Crippen molar-refractivity contribution in [1.29, 1.82) is 0 Å². The fraction of sp³-hybridized carbons (Fsp3) is 0.250. The van der Waals surface area contributed by atoms with Gasteiger partial charge in [-0.3, -0.25) is 9.56 Å². The van der Waals surface area contributed by atoms with Gasteiger partial charge in [0.05, 0.1) is 6.54 Å². The number of rotatable bonds is 6. The Labute approximate surface area is 181 Å². The Morgan fingerprint density at radius 2 is 1.93 bits per heavy atom. The molecule has 0 aliphatic rings. The first kappa shape index (κ1) is 21.8. The number of nitrogens with zero attached hydrogens (tertiary/aromatic N) is 4. The molecule has 28 heavy (non-hydrogen) atoms. The monoisotopic (exact) mass is 494 g/mol. The van der Waals surface area contributed by atoms with Crippen molar-refractivity contribution in [2.24, 2.45) is 4.99 Å². The Morgan fingerprint density at radius 1 is 1.14 bits per heavy atom. The van der Waals surface area contributed by atoms with Gasteiger partial charge in [-0.05, 0) is 48.7 Å². The smallest absolute Gasteiger partial charge is 0.191 e. The van der Waals surface area contributed by atoms with E-state index in [1.165, 1.54) is 6.07 Å². The van der Waals surface area contributed by atoms with Crippen molar-refractivity contribution in [1.82, 2.24) is 25.4 Å². The fourth-order valence-corrected chi connectivity index (χ4v) is 2.82. The summed E-state index contributed by atoms with van der Waals surface area (Å²) in [4.78, 5) is 4.23. The van der Waals surface area contributed by atoms with E-state index >= 15 is 0 Å². The highest BCUT2D eigenvalue weighted by Gasteiger charge is 2.07. The predicted molar refractivity (Wildman–Crippen MR) is 120 cm³/mol. The van der Waals surface area contributed by atoms with Crippen molar-refractivity contribution in [3.05, 3.63) is 77.6 Å². The molecule has 0 saturated carbocycles. The molecule has 8 heteroatoms. The molecule has 0 spiro atoms. The van der Waals surface area contributed by atoms with Gasteiger partial charge in [-0.15, -0.1) is 34.2 Å². The van der Waals surface area contributed by atoms with Crippen LogP contribution in [0, 0.1) is 12.7 Å². The Balaban J connectivity index is 0.00000280. The largest absolute Gasteiger partial charge is 0.356 e. The molecule has 0 amide bonds. The molecule has 148 valence electrons. The Bertz CT molecular complexity index is 910. The molecule has 0 saturated heterocycles. The molecule has 3 rings (SSSR count). The van der Waals surface area contributed by atoms with E-state index in [1.807, 2.05) is 47.9 Å². The van der Waals surface area contributed by atoms with Gasteiger partial charge in [0.1, 0.15) is 12.1 Å². The van der Waals surface area contributed by atoms with Crippen LogP contribution in [-0.4, -0.2) is 34.3 Å². The van der Waals surface area contributed by atoms with E-state index in [2.05, 4.69) is 25.8 Å². The molecule has 0 aliphatic carbocycles. The molecule has 2 aromatic carbocycles. The van der Waals surface area contributed by atoms with Crippen molar-refractivity contribution < 1.29 is 4.39 Å². The minimum absolute atomic E-state index is 0. The molecule has 3 aromatic rings. The topological polar surface area (TPSA) is 67.1 Å². The summed E-state index contributed by atoms with van der Waals surface area (Å²) in [5, 5.41) is 14.7. The van der Waals surface area contributed by atoms with Crippen LogP contribution >= 0.6 is 24.0 Å². The lowest BCUT2D eigenvalue weighted by molar-refractivity contribution is 0.625. The number of benzene rings is 2. The van der Waals surface area contributed by atoms with Gasteiger partial charge >= 0.3 is 0 Å². The Morgan fingerprint density at radius 3 is 2.64 bits per heavy atom. The number of hydrogen-bond acceptors (Lipinski definition) is 3. The number of aryl methyl sites for hydroxylation is 1. The number of hydrogen-bond donors (Lipinski definition) is 2. The summed E-state index contributed by atoms with van der Waals surface area (Å²) in [5.41, 5.74) is 3.08. The third kappa shape index (κ3) is 5.75. The lowest BCUT2D eigenvalue weighted by atomic mass is 10.1. The molecule has 0 radical (unpaired) electrons. The fourth-order valence-electron chi connectivity index (χ4n) is 2.82. The van der Waals surface area contributed by atoms with E-state index in [0.29, 0.717) is 19.0 Å². The van der Waals surface area contributed by atoms with E-state index < -0.39 is 0 Å². The van der Waals surface area contributed by atoms with Crippen LogP contribution in [0.5, 0.6) is 0 Å². The summed E-state index contributed by atoms with van der Waals surface area (Å²) < 4.78 is 15.1. The number of halogens is 2. The maximum absolute atomic E-state index is 13.2. The molecular formula is C20H24FIN6. The van der Waals surface area contributed by atoms with Crippen molar-refractivity contribution >= 4 is 29.9 Å². The molecule has 2 N–H and O–H groups in total. The van der Waals surface area contributed by atoms with Crippen LogP contribution in [0.15, 0.2) is 59.9 Å². The average Bonchev–Trinajstić information content (AvgIpc) is 3.15. The zero-order valence-electron chi connectivity index (χ0n) is 15.9. The molecular weight excluding hydrogens is 470 g/mol. The van der Waals surface area contributed by atoms with Crippen LogP contribution in [0.1, 0.15) is 17.0 Å². The molecule has 0 bridgehead atoms. The van der Waals surface area contributed by atoms with Gasteiger partial charge in [-0.1, -0.05) is 24.3 Å². The molecule has 1 heterocycles. The van der Waals surface area contributed by atoms with Crippen molar-refractivity contribution in [3.8, 4) is 5.69 Å². The highest BCUT2D eigenvalue weighted by atomic mass is 127. The van der Waals surface area contributed by atoms with Crippen LogP contribution in [0.4, 0.5) is 4.39 Å². The first-order valence-electron chi connectivity index (χ1n) is 8.81. The second-order valence-electron chi connectivity index (χ2n) is 6.13. The molecule has 0 fully saturated rings. The van der Waals surface area contributed by atoms with Crippen LogP contribution in [0.25, 0.3) is 5.69 Å². The number of para-hydroxylation sites is 1. The van der Waals surface area contributed by atoms with Crippen molar-refractivity contribution in [2.45, 2.75) is 19.9 Å². The standard InChI is InChI=1S/C20H23FN6.HI/c1-15-12-17(21)9-8-16(15)10-11-23-20(22-2)24-13-19-26-25-14-27(19)18-6-4-3-5-7-18;/h3-9,12,14H,10-11,13H2,1-2H3,(H2,22,23,24);1H. The van der Waals surface area contributed by atoms with E-state index in [1.54, 1.807) is 19.4 Å². The van der Waals surface area contributed by atoms with Crippen LogP contribution in [0.3, 0.4) is 0 Å². The maximum atomic E-state index is 13.2. The number of aromatic nitrogens is 3. The normalized spacial score (nSPS) is 11.0. The maximum Gasteiger partial charge on any atom is 0.191 e. The quantitative estimate of drug-likeness (QED) is 0.314. The SMILES string of the molecule is CN=C(NCCc1ccc(F)cc1C)NCc1nncn1-c1ccccc1.I. The second kappa shape index (κ2) is 10.7. The lowest BCUT2D eigenvalue weighted by Gasteiger charge is -2.13. The van der Waals surface area contributed by atoms with Gasteiger partial charge in [0.15, 0.2) is 11.8 Å². The van der Waals surface area contributed by atoms with E-state index in [0.717, 1.165) is 29.1 Å². The molecule has 0 atom stereocenters. The summed E-state index contributed by atoms with van der Waals surface area (Å²) in [6, 6.07) is 14.8. The van der Waals surface area contributed by atoms with E-state index in [-0.39, 0.29) is 29.8 Å². The summed E-state index contributed by atoms with van der Waals surface area (Å²) in [6.07, 6.45) is 2.48. The Hall–Kier alpha value is -2.49. The lowest BCUT2D eigenvalue weighted by Crippen LogP contribution is -2.38. The second-order valence-corrected chi connectivity index (χ2v) is 6.13.